The maximum absolute atomic E-state index is 13.0. The number of hydrogen-bond donors (Lipinski definition) is 0. The molecule has 1 aromatic carbocycles. The minimum Gasteiger partial charge on any atom is -0.333 e. The van der Waals surface area contributed by atoms with Gasteiger partial charge < -0.3 is 9.09 Å². The summed E-state index contributed by atoms with van der Waals surface area (Å²) in [6.45, 7) is 0.124. The Morgan fingerprint density at radius 1 is 0.903 bits per heavy atom. The SMILES string of the molecule is O=c1c(-c2nc(-c3ccccc3Cl)no2)cccn1Cc1cc(=O)n2ccccc2n1. The molecule has 0 bridgehead atoms. The Bertz CT molecular complexity index is 1540. The molecule has 0 N–H and O–H groups in total. The zero-order valence-corrected chi connectivity index (χ0v) is 16.7. The summed E-state index contributed by atoms with van der Waals surface area (Å²) in [6, 6.07) is 17.1. The van der Waals surface area contributed by atoms with Crippen LogP contribution in [-0.2, 0) is 6.54 Å². The van der Waals surface area contributed by atoms with E-state index in [0.29, 0.717) is 27.8 Å². The van der Waals surface area contributed by atoms with Gasteiger partial charge in [0, 0.05) is 24.0 Å². The molecule has 0 unspecified atom stereocenters. The van der Waals surface area contributed by atoms with Crippen molar-refractivity contribution >= 4 is 17.2 Å². The Hall–Kier alpha value is -4.04. The smallest absolute Gasteiger partial charge is 0.263 e. The largest absolute Gasteiger partial charge is 0.333 e. The highest BCUT2D eigenvalue weighted by molar-refractivity contribution is 6.33. The van der Waals surface area contributed by atoms with Gasteiger partial charge in [-0.25, -0.2) is 4.98 Å². The third-order valence-electron chi connectivity index (χ3n) is 4.75. The van der Waals surface area contributed by atoms with E-state index in [1.807, 2.05) is 6.07 Å². The van der Waals surface area contributed by atoms with Gasteiger partial charge in [0.05, 0.1) is 17.3 Å². The van der Waals surface area contributed by atoms with Gasteiger partial charge in [0.1, 0.15) is 11.2 Å². The molecule has 4 aromatic heterocycles. The van der Waals surface area contributed by atoms with E-state index in [9.17, 15) is 9.59 Å². The van der Waals surface area contributed by atoms with E-state index in [2.05, 4.69) is 15.1 Å². The van der Waals surface area contributed by atoms with Crippen LogP contribution < -0.4 is 11.1 Å². The van der Waals surface area contributed by atoms with E-state index in [-0.39, 0.29) is 29.1 Å². The average Bonchev–Trinajstić information content (AvgIpc) is 3.25. The van der Waals surface area contributed by atoms with Gasteiger partial charge in [-0.05, 0) is 36.4 Å². The molecule has 0 amide bonds. The van der Waals surface area contributed by atoms with Crippen LogP contribution in [0.4, 0.5) is 0 Å². The van der Waals surface area contributed by atoms with Crippen molar-refractivity contribution in [3.05, 3.63) is 104 Å². The van der Waals surface area contributed by atoms with Crippen LogP contribution in [0, 0.1) is 0 Å². The molecule has 31 heavy (non-hydrogen) atoms. The molecule has 0 fully saturated rings. The Labute approximate surface area is 180 Å². The predicted molar refractivity (Wildman–Crippen MR) is 115 cm³/mol. The van der Waals surface area contributed by atoms with Crippen molar-refractivity contribution in [2.45, 2.75) is 6.54 Å². The quantitative estimate of drug-likeness (QED) is 0.433. The van der Waals surface area contributed by atoms with Crippen LogP contribution in [0.25, 0.3) is 28.5 Å². The van der Waals surface area contributed by atoms with Crippen molar-refractivity contribution in [1.82, 2.24) is 24.1 Å². The number of fused-ring (bicyclic) bond motifs is 1. The maximum atomic E-state index is 13.0. The first-order valence-electron chi connectivity index (χ1n) is 9.36. The molecule has 0 aliphatic heterocycles. The van der Waals surface area contributed by atoms with Crippen molar-refractivity contribution in [3.8, 4) is 22.8 Å². The van der Waals surface area contributed by atoms with Crippen LogP contribution in [0.2, 0.25) is 5.02 Å². The zero-order chi connectivity index (χ0) is 21.4. The minimum absolute atomic E-state index is 0.0841. The number of hydrogen-bond acceptors (Lipinski definition) is 6. The van der Waals surface area contributed by atoms with Crippen molar-refractivity contribution in [3.63, 3.8) is 0 Å². The molecule has 9 heteroatoms. The summed E-state index contributed by atoms with van der Waals surface area (Å²) >= 11 is 6.19. The molecule has 4 heterocycles. The third-order valence-corrected chi connectivity index (χ3v) is 5.08. The summed E-state index contributed by atoms with van der Waals surface area (Å²) in [7, 11) is 0. The van der Waals surface area contributed by atoms with E-state index >= 15 is 0 Å². The average molecular weight is 432 g/mol. The molecule has 152 valence electrons. The van der Waals surface area contributed by atoms with Gasteiger partial charge in [-0.3, -0.25) is 14.0 Å². The van der Waals surface area contributed by atoms with Crippen molar-refractivity contribution in [1.29, 1.82) is 0 Å². The fourth-order valence-corrected chi connectivity index (χ4v) is 3.49. The van der Waals surface area contributed by atoms with Gasteiger partial charge in [0.2, 0.25) is 5.82 Å². The lowest BCUT2D eigenvalue weighted by Crippen LogP contribution is -2.23. The topological polar surface area (TPSA) is 95.3 Å². The van der Waals surface area contributed by atoms with E-state index < -0.39 is 0 Å². The van der Waals surface area contributed by atoms with Gasteiger partial charge in [-0.1, -0.05) is 35.0 Å². The normalized spacial score (nSPS) is 11.1. The number of pyridine rings is 2. The fraction of sp³-hybridized carbons (Fsp3) is 0.0455. The van der Waals surface area contributed by atoms with Gasteiger partial charge in [-0.2, -0.15) is 4.98 Å². The summed E-state index contributed by atoms with van der Waals surface area (Å²) < 4.78 is 8.20. The second-order valence-corrected chi connectivity index (χ2v) is 7.18. The summed E-state index contributed by atoms with van der Waals surface area (Å²) in [5.41, 5.74) is 1.27. The van der Waals surface area contributed by atoms with Crippen LogP contribution in [0.1, 0.15) is 5.69 Å². The first-order valence-corrected chi connectivity index (χ1v) is 9.74. The highest BCUT2D eigenvalue weighted by Crippen LogP contribution is 2.26. The highest BCUT2D eigenvalue weighted by atomic mass is 35.5. The molecule has 5 rings (SSSR count). The lowest BCUT2D eigenvalue weighted by atomic mass is 10.2. The molecule has 5 aromatic rings. The summed E-state index contributed by atoms with van der Waals surface area (Å²) in [4.78, 5) is 34.1. The maximum Gasteiger partial charge on any atom is 0.263 e. The lowest BCUT2D eigenvalue weighted by molar-refractivity contribution is 0.431. The van der Waals surface area contributed by atoms with E-state index in [4.69, 9.17) is 16.1 Å². The molecule has 0 spiro atoms. The van der Waals surface area contributed by atoms with E-state index in [1.165, 1.54) is 15.0 Å². The Kier molecular flexibility index (Phi) is 4.68. The standard InChI is InChI=1S/C22H14ClN5O3/c23-17-8-2-1-6-15(17)20-25-21(31-26-20)16-7-5-10-27(22(16)30)13-14-12-19(29)28-11-4-3-9-18(28)24-14/h1-12H,13H2. The summed E-state index contributed by atoms with van der Waals surface area (Å²) in [5.74, 6) is 0.375. The molecule has 0 radical (unpaired) electrons. The van der Waals surface area contributed by atoms with Crippen LogP contribution in [0.5, 0.6) is 0 Å². The van der Waals surface area contributed by atoms with Crippen LogP contribution in [0.3, 0.4) is 0 Å². The Morgan fingerprint density at radius 2 is 1.71 bits per heavy atom. The molecular weight excluding hydrogens is 418 g/mol. The number of benzene rings is 1. The predicted octanol–water partition coefficient (Wildman–Crippen LogP) is 3.27. The number of halogens is 1. The van der Waals surface area contributed by atoms with Crippen molar-refractivity contribution in [2.75, 3.05) is 0 Å². The highest BCUT2D eigenvalue weighted by Gasteiger charge is 2.16. The summed E-state index contributed by atoms with van der Waals surface area (Å²) in [6.07, 6.45) is 3.26. The molecule has 0 saturated carbocycles. The van der Waals surface area contributed by atoms with Gasteiger partial charge in [-0.15, -0.1) is 0 Å². The van der Waals surface area contributed by atoms with Gasteiger partial charge in [0.15, 0.2) is 0 Å². The molecule has 0 aliphatic rings. The lowest BCUT2D eigenvalue weighted by Gasteiger charge is -2.07. The van der Waals surface area contributed by atoms with E-state index in [0.717, 1.165) is 0 Å². The van der Waals surface area contributed by atoms with Crippen molar-refractivity contribution < 1.29 is 4.52 Å². The van der Waals surface area contributed by atoms with Crippen LogP contribution in [0.15, 0.2) is 87.2 Å². The number of rotatable bonds is 4. The second-order valence-electron chi connectivity index (χ2n) is 6.77. The van der Waals surface area contributed by atoms with Crippen molar-refractivity contribution in [2.24, 2.45) is 0 Å². The van der Waals surface area contributed by atoms with Gasteiger partial charge >= 0.3 is 0 Å². The van der Waals surface area contributed by atoms with E-state index in [1.54, 1.807) is 60.9 Å². The number of aromatic nitrogens is 5. The zero-order valence-electron chi connectivity index (χ0n) is 16.0. The Morgan fingerprint density at radius 3 is 2.58 bits per heavy atom. The first-order chi connectivity index (χ1) is 15.1. The minimum atomic E-state index is -0.341. The van der Waals surface area contributed by atoms with Crippen LogP contribution in [-0.4, -0.2) is 24.1 Å². The second kappa shape index (κ2) is 7.66. The number of nitrogens with zero attached hydrogens (tertiary/aromatic N) is 5. The van der Waals surface area contributed by atoms with Crippen LogP contribution >= 0.6 is 11.6 Å². The fourth-order valence-electron chi connectivity index (χ4n) is 3.27. The third kappa shape index (κ3) is 3.53. The molecule has 8 nitrogen and oxygen atoms in total. The van der Waals surface area contributed by atoms with Gasteiger partial charge in [0.25, 0.3) is 17.0 Å². The first kappa shape index (κ1) is 19.0. The molecular formula is C22H14ClN5O3. The monoisotopic (exact) mass is 431 g/mol. The molecule has 0 aliphatic carbocycles. The molecule has 0 atom stereocenters. The Balaban J connectivity index is 1.51. The molecule has 0 saturated heterocycles. The summed E-state index contributed by atoms with van der Waals surface area (Å²) in [5, 5.41) is 4.43.